The lowest BCUT2D eigenvalue weighted by Crippen LogP contribution is -2.24. The van der Waals surface area contributed by atoms with Crippen molar-refractivity contribution in [2.45, 2.75) is 44.8 Å². The first-order chi connectivity index (χ1) is 10.7. The quantitative estimate of drug-likeness (QED) is 0.757. The van der Waals surface area contributed by atoms with E-state index in [0.29, 0.717) is 5.82 Å². The normalized spacial score (nSPS) is 23.4. The Morgan fingerprint density at radius 3 is 2.68 bits per heavy atom. The predicted octanol–water partition coefficient (Wildman–Crippen LogP) is 3.66. The summed E-state index contributed by atoms with van der Waals surface area (Å²) in [6.07, 6.45) is 6.48. The van der Waals surface area contributed by atoms with E-state index in [9.17, 15) is 5.11 Å². The maximum Gasteiger partial charge on any atom is 0.145 e. The van der Waals surface area contributed by atoms with E-state index in [1.807, 2.05) is 0 Å². The molecule has 1 aliphatic carbocycles. The van der Waals surface area contributed by atoms with Gasteiger partial charge in [-0.05, 0) is 58.2 Å². The molecule has 3 rings (SSSR count). The van der Waals surface area contributed by atoms with Crippen molar-refractivity contribution in [2.24, 2.45) is 0 Å². The minimum atomic E-state index is -0.440. The van der Waals surface area contributed by atoms with Crippen LogP contribution in [0.4, 0.5) is 5.82 Å². The Balaban J connectivity index is 2.02. The van der Waals surface area contributed by atoms with Gasteiger partial charge in [-0.15, -0.1) is 0 Å². The zero-order valence-corrected chi connectivity index (χ0v) is 14.9. The van der Waals surface area contributed by atoms with Gasteiger partial charge in [0.25, 0.3) is 0 Å². The summed E-state index contributed by atoms with van der Waals surface area (Å²) in [5.41, 5.74) is 3.79. The molecular formula is C17H20IN3O. The van der Waals surface area contributed by atoms with E-state index in [1.165, 1.54) is 20.3 Å². The molecule has 0 amide bonds. The smallest absolute Gasteiger partial charge is 0.145 e. The van der Waals surface area contributed by atoms with Crippen LogP contribution >= 0.6 is 22.6 Å². The summed E-state index contributed by atoms with van der Waals surface area (Å²) in [5, 5.41) is 14.1. The number of nitrogens with one attached hydrogen (secondary N) is 1. The molecule has 2 aromatic rings. The minimum absolute atomic E-state index is 0.126. The molecular weight excluding hydrogens is 389 g/mol. The van der Waals surface area contributed by atoms with Crippen molar-refractivity contribution in [1.29, 1.82) is 0 Å². The second kappa shape index (κ2) is 6.50. The van der Waals surface area contributed by atoms with Crippen molar-refractivity contribution in [1.82, 2.24) is 9.97 Å². The van der Waals surface area contributed by atoms with Crippen molar-refractivity contribution < 1.29 is 5.11 Å². The number of hydrogen-bond acceptors (Lipinski definition) is 4. The van der Waals surface area contributed by atoms with Gasteiger partial charge in [0, 0.05) is 21.9 Å². The van der Waals surface area contributed by atoms with Crippen LogP contribution in [0.3, 0.4) is 0 Å². The van der Waals surface area contributed by atoms with Crippen LogP contribution in [0.15, 0.2) is 30.7 Å². The molecule has 3 unspecified atom stereocenters. The van der Waals surface area contributed by atoms with Gasteiger partial charge in [0.1, 0.15) is 5.82 Å². The van der Waals surface area contributed by atoms with Crippen LogP contribution < -0.4 is 5.32 Å². The van der Waals surface area contributed by atoms with Gasteiger partial charge in [0.15, 0.2) is 0 Å². The minimum Gasteiger partial charge on any atom is -0.390 e. The number of aromatic nitrogens is 2. The van der Waals surface area contributed by atoms with Gasteiger partial charge in [-0.25, -0.2) is 4.98 Å². The number of aryl methyl sites for hydroxylation is 1. The fraction of sp³-hybridized carbons (Fsp3) is 0.412. The molecule has 0 saturated carbocycles. The maximum atomic E-state index is 10.8. The number of fused-ring (bicyclic) bond motifs is 1. The van der Waals surface area contributed by atoms with Gasteiger partial charge in [0.05, 0.1) is 18.3 Å². The van der Waals surface area contributed by atoms with Crippen LogP contribution in [0.2, 0.25) is 0 Å². The summed E-state index contributed by atoms with van der Waals surface area (Å²) >= 11 is 2.39. The SMILES string of the molecule is CCc1cc2c(cc1I)C(CC)C(O)C2Nc1cnccn1. The second-order valence-electron chi connectivity index (χ2n) is 5.64. The summed E-state index contributed by atoms with van der Waals surface area (Å²) in [5.74, 6) is 0.870. The topological polar surface area (TPSA) is 58.0 Å². The molecule has 5 heteroatoms. The van der Waals surface area contributed by atoms with Crippen molar-refractivity contribution in [3.63, 3.8) is 0 Å². The van der Waals surface area contributed by atoms with Crippen LogP contribution in [0.25, 0.3) is 0 Å². The molecule has 116 valence electrons. The number of anilines is 1. The molecule has 1 aromatic heterocycles. The van der Waals surface area contributed by atoms with Crippen molar-refractivity contribution in [3.05, 3.63) is 51.0 Å². The van der Waals surface area contributed by atoms with Gasteiger partial charge in [0.2, 0.25) is 0 Å². The van der Waals surface area contributed by atoms with Crippen LogP contribution in [0.1, 0.15) is 48.9 Å². The van der Waals surface area contributed by atoms with Gasteiger partial charge in [-0.2, -0.15) is 0 Å². The molecule has 0 spiro atoms. The van der Waals surface area contributed by atoms with Crippen LogP contribution in [0, 0.1) is 3.57 Å². The first-order valence-electron chi connectivity index (χ1n) is 7.68. The Hall–Kier alpha value is -1.21. The number of rotatable bonds is 4. The molecule has 2 N–H and O–H groups in total. The number of halogens is 1. The summed E-state index contributed by atoms with van der Waals surface area (Å²) < 4.78 is 1.28. The fourth-order valence-electron chi connectivity index (χ4n) is 3.27. The molecule has 0 radical (unpaired) electrons. The Kier molecular flexibility index (Phi) is 4.63. The van der Waals surface area contributed by atoms with Crippen LogP contribution in [-0.4, -0.2) is 21.2 Å². The number of hydrogen-bond donors (Lipinski definition) is 2. The molecule has 1 aromatic carbocycles. The molecule has 0 aliphatic heterocycles. The van der Waals surface area contributed by atoms with E-state index in [-0.39, 0.29) is 12.0 Å². The van der Waals surface area contributed by atoms with E-state index in [4.69, 9.17) is 0 Å². The van der Waals surface area contributed by atoms with Crippen molar-refractivity contribution in [2.75, 3.05) is 5.32 Å². The van der Waals surface area contributed by atoms with E-state index >= 15 is 0 Å². The average molecular weight is 409 g/mol. The van der Waals surface area contributed by atoms with E-state index in [2.05, 4.69) is 63.9 Å². The Bertz CT molecular complexity index is 662. The van der Waals surface area contributed by atoms with Crippen LogP contribution in [-0.2, 0) is 6.42 Å². The molecule has 1 aliphatic rings. The monoisotopic (exact) mass is 409 g/mol. The maximum absolute atomic E-state index is 10.8. The lowest BCUT2D eigenvalue weighted by Gasteiger charge is -2.21. The number of aliphatic hydroxyl groups excluding tert-OH is 1. The average Bonchev–Trinajstić information content (AvgIpc) is 2.78. The van der Waals surface area contributed by atoms with Gasteiger partial charge in [-0.1, -0.05) is 19.9 Å². The third kappa shape index (κ3) is 2.72. The number of nitrogens with zero attached hydrogens (tertiary/aromatic N) is 2. The highest BCUT2D eigenvalue weighted by Crippen LogP contribution is 2.45. The highest BCUT2D eigenvalue weighted by molar-refractivity contribution is 14.1. The number of benzene rings is 1. The molecule has 22 heavy (non-hydrogen) atoms. The van der Waals surface area contributed by atoms with E-state index in [1.54, 1.807) is 18.6 Å². The van der Waals surface area contributed by atoms with Gasteiger partial charge in [-0.3, -0.25) is 4.98 Å². The summed E-state index contributed by atoms with van der Waals surface area (Å²) in [7, 11) is 0. The van der Waals surface area contributed by atoms with Crippen molar-refractivity contribution in [3.8, 4) is 0 Å². The Labute approximate surface area is 144 Å². The standard InChI is InChI=1S/C17H20IN3O/c1-3-10-7-13-12(8-14(10)18)11(4-2)17(22)16(13)21-15-9-19-5-6-20-15/h5-9,11,16-17,22H,3-4H2,1-2H3,(H,20,21). The summed E-state index contributed by atoms with van der Waals surface area (Å²) in [4.78, 5) is 8.36. The molecule has 0 bridgehead atoms. The largest absolute Gasteiger partial charge is 0.390 e. The van der Waals surface area contributed by atoms with Crippen molar-refractivity contribution >= 4 is 28.4 Å². The van der Waals surface area contributed by atoms with E-state index in [0.717, 1.165) is 12.8 Å². The van der Waals surface area contributed by atoms with Gasteiger partial charge < -0.3 is 10.4 Å². The number of aliphatic hydroxyl groups is 1. The molecule has 0 saturated heterocycles. The first-order valence-corrected chi connectivity index (χ1v) is 8.76. The van der Waals surface area contributed by atoms with Gasteiger partial charge >= 0.3 is 0 Å². The summed E-state index contributed by atoms with van der Waals surface area (Å²) in [6.45, 7) is 4.29. The second-order valence-corrected chi connectivity index (χ2v) is 6.81. The molecule has 4 nitrogen and oxygen atoms in total. The Morgan fingerprint density at radius 2 is 2.05 bits per heavy atom. The zero-order valence-electron chi connectivity index (χ0n) is 12.8. The molecule has 0 fully saturated rings. The Morgan fingerprint density at radius 1 is 1.23 bits per heavy atom. The predicted molar refractivity (Wildman–Crippen MR) is 96.0 cm³/mol. The summed E-state index contributed by atoms with van der Waals surface area (Å²) in [6, 6.07) is 4.35. The lowest BCUT2D eigenvalue weighted by molar-refractivity contribution is 0.135. The highest BCUT2D eigenvalue weighted by atomic mass is 127. The third-order valence-corrected chi connectivity index (χ3v) is 5.43. The van der Waals surface area contributed by atoms with E-state index < -0.39 is 6.10 Å². The molecule has 1 heterocycles. The highest BCUT2D eigenvalue weighted by Gasteiger charge is 2.39. The first kappa shape index (κ1) is 15.7. The zero-order chi connectivity index (χ0) is 15.7. The third-order valence-electron chi connectivity index (χ3n) is 4.43. The fourth-order valence-corrected chi connectivity index (χ4v) is 4.14. The molecule has 3 atom stereocenters. The van der Waals surface area contributed by atoms with Crippen LogP contribution in [0.5, 0.6) is 0 Å². The lowest BCUT2D eigenvalue weighted by atomic mass is 9.96.